The molecule has 0 aliphatic rings. The molecule has 0 aromatic carbocycles. The van der Waals surface area contributed by atoms with Crippen LogP contribution in [0.1, 0.15) is 0 Å². The van der Waals surface area contributed by atoms with Gasteiger partial charge >= 0.3 is 0 Å². The molecule has 14 heavy (non-hydrogen) atoms. The van der Waals surface area contributed by atoms with E-state index in [9.17, 15) is 0 Å². The second kappa shape index (κ2) is 29.5. The Morgan fingerprint density at radius 3 is 1.07 bits per heavy atom. The molecular weight excluding hydrogens is 231 g/mol. The molecule has 1 atom stereocenters. The van der Waals surface area contributed by atoms with Gasteiger partial charge in [0.15, 0.2) is 12.4 Å². The van der Waals surface area contributed by atoms with Crippen molar-refractivity contribution in [3.8, 4) is 0 Å². The lowest BCUT2D eigenvalue weighted by molar-refractivity contribution is -0.671. The zero-order valence-electron chi connectivity index (χ0n) is 7.49. The maximum atomic E-state index is 2.00. The fourth-order valence-corrected chi connectivity index (χ4v) is 0.485. The highest BCUT2D eigenvalue weighted by Crippen LogP contribution is 1.71. The second-order valence-electron chi connectivity index (χ2n) is 1.54. The zero-order valence-corrected chi connectivity index (χ0v) is 8.90. The van der Waals surface area contributed by atoms with Gasteiger partial charge in [0, 0.05) is 12.1 Å². The molecule has 1 heterocycles. The van der Waals surface area contributed by atoms with E-state index in [4.69, 9.17) is 0 Å². The van der Waals surface area contributed by atoms with Crippen LogP contribution >= 0.6 is 9.90 Å². The van der Waals surface area contributed by atoms with Crippen LogP contribution in [0, 0.1) is 0 Å². The summed E-state index contributed by atoms with van der Waals surface area (Å²) in [5.41, 5.74) is 0. The van der Waals surface area contributed by atoms with E-state index in [1.54, 1.807) is 0 Å². The average Bonchev–Trinajstić information content (AvgIpc) is 1.69. The average molecular weight is 248 g/mol. The number of hydrogen-bond acceptors (Lipinski definition) is 0. The topological polar surface area (TPSA) is 3.88 Å². The van der Waals surface area contributed by atoms with Crippen molar-refractivity contribution in [2.75, 3.05) is 0 Å². The molecule has 0 bridgehead atoms. The van der Waals surface area contributed by atoms with Crippen molar-refractivity contribution in [1.29, 1.82) is 0 Å². The summed E-state index contributed by atoms with van der Waals surface area (Å²) >= 11 is 0. The highest BCUT2D eigenvalue weighted by molar-refractivity contribution is 6.92. The Balaban J connectivity index is -0.0000000140. The van der Waals surface area contributed by atoms with Crippen LogP contribution in [-0.2, 0) is 7.05 Å². The van der Waals surface area contributed by atoms with Gasteiger partial charge in [-0.05, 0) is 0 Å². The minimum Gasteiger partial charge on any atom is -0.269 e. The minimum atomic E-state index is 0. The van der Waals surface area contributed by atoms with Crippen molar-refractivity contribution in [2.24, 2.45) is 7.05 Å². The monoisotopic (exact) mass is 248 g/mol. The molecule has 0 saturated heterocycles. The van der Waals surface area contributed by atoms with Crippen LogP contribution < -0.4 is 4.57 Å². The number of nitrogens with zero attached hydrogens (tertiary/aromatic N) is 1. The molecule has 0 radical (unpaired) electrons. The lowest BCUT2D eigenvalue weighted by Gasteiger charge is -1.77. The van der Waals surface area contributed by atoms with Crippen molar-refractivity contribution in [3.63, 3.8) is 0 Å². The molecule has 0 spiro atoms. The summed E-state index contributed by atoms with van der Waals surface area (Å²) in [5, 5.41) is 0. The summed E-state index contributed by atoms with van der Waals surface area (Å²) in [6, 6.07) is 6.00. The van der Waals surface area contributed by atoms with Crippen LogP contribution in [-0.4, -0.2) is 0 Å². The standard InChI is InChI=1S/C6H8N.6FH.H3P/c1-7-5-3-2-4-6-7;;;;;;;/h2-6H,1H3;6*1H;1H3/q+1;;;;;;;. The van der Waals surface area contributed by atoms with E-state index in [-0.39, 0.29) is 38.1 Å². The summed E-state index contributed by atoms with van der Waals surface area (Å²) in [4.78, 5) is 0. The molecule has 0 fully saturated rings. The molecule has 1 aromatic rings. The first-order chi connectivity index (χ1) is 3.39. The number of hydrogen-bond donors (Lipinski definition) is 0. The van der Waals surface area contributed by atoms with Crippen molar-refractivity contribution < 1.29 is 32.8 Å². The van der Waals surface area contributed by atoms with E-state index in [0.717, 1.165) is 0 Å². The van der Waals surface area contributed by atoms with Gasteiger partial charge in [0.2, 0.25) is 0 Å². The van der Waals surface area contributed by atoms with Gasteiger partial charge in [-0.15, -0.1) is 0 Å². The van der Waals surface area contributed by atoms with Gasteiger partial charge in [0.25, 0.3) is 0 Å². The fraction of sp³-hybridized carbons (Fsp3) is 0.167. The van der Waals surface area contributed by atoms with E-state index in [1.165, 1.54) is 0 Å². The maximum Gasteiger partial charge on any atom is 0.168 e. The third kappa shape index (κ3) is 22.5. The molecule has 1 aromatic heterocycles. The van der Waals surface area contributed by atoms with Crippen molar-refractivity contribution in [3.05, 3.63) is 30.6 Å². The third-order valence-electron chi connectivity index (χ3n) is 0.865. The number of halogens is 6. The van der Waals surface area contributed by atoms with Crippen molar-refractivity contribution in [2.45, 2.75) is 0 Å². The van der Waals surface area contributed by atoms with Gasteiger partial charge in [0.1, 0.15) is 7.05 Å². The van der Waals surface area contributed by atoms with Crippen LogP contribution in [0.2, 0.25) is 0 Å². The Hall–Kier alpha value is -0.840. The van der Waals surface area contributed by atoms with Gasteiger partial charge < -0.3 is 0 Å². The van der Waals surface area contributed by atoms with E-state index >= 15 is 0 Å². The maximum absolute atomic E-state index is 2.00. The van der Waals surface area contributed by atoms with E-state index < -0.39 is 0 Å². The number of rotatable bonds is 0. The summed E-state index contributed by atoms with van der Waals surface area (Å²) in [5.74, 6) is 0. The van der Waals surface area contributed by atoms with Crippen LogP contribution in [0.5, 0.6) is 0 Å². The Bertz CT molecular complexity index is 152. The first kappa shape index (κ1) is 51.3. The Kier molecular flexibility index (Phi) is 108. The molecule has 0 N–H and O–H groups in total. The molecule has 0 amide bonds. The molecule has 1 nitrogen and oxygen atoms in total. The first-order valence-electron chi connectivity index (χ1n) is 2.30. The van der Waals surface area contributed by atoms with E-state index in [2.05, 4.69) is 0 Å². The first-order valence-corrected chi connectivity index (χ1v) is 2.30. The van der Waals surface area contributed by atoms with Gasteiger partial charge in [0.05, 0.1) is 0 Å². The second-order valence-corrected chi connectivity index (χ2v) is 1.54. The molecule has 0 saturated carbocycles. The van der Waals surface area contributed by atoms with Crippen LogP contribution in [0.4, 0.5) is 28.2 Å². The number of aromatic nitrogens is 1. The lowest BCUT2D eigenvalue weighted by atomic mass is 10.5. The summed E-state index contributed by atoms with van der Waals surface area (Å²) in [6.45, 7) is 0. The number of pyridine rings is 1. The third-order valence-corrected chi connectivity index (χ3v) is 0.865. The van der Waals surface area contributed by atoms with Gasteiger partial charge in [-0.25, -0.2) is 4.57 Å². The summed E-state index contributed by atoms with van der Waals surface area (Å²) in [7, 11) is 2.00. The van der Waals surface area contributed by atoms with Crippen LogP contribution in [0.25, 0.3) is 0 Å². The van der Waals surface area contributed by atoms with E-state index in [1.807, 2.05) is 42.2 Å². The molecule has 1 unspecified atom stereocenters. The van der Waals surface area contributed by atoms with Gasteiger partial charge in [-0.2, -0.15) is 9.90 Å². The summed E-state index contributed by atoms with van der Waals surface area (Å²) < 4.78 is 2.00. The normalized spacial score (nSPS) is 4.36. The molecule has 1 rings (SSSR count). The zero-order chi connectivity index (χ0) is 5.11. The Morgan fingerprint density at radius 2 is 0.929 bits per heavy atom. The molecule has 92 valence electrons. The molecular formula is C6H17F6NP+. The quantitative estimate of drug-likeness (QED) is 0.372. The smallest absolute Gasteiger partial charge is 0.168 e. The van der Waals surface area contributed by atoms with Gasteiger partial charge in [-0.1, -0.05) is 6.07 Å². The van der Waals surface area contributed by atoms with Crippen LogP contribution in [0.3, 0.4) is 0 Å². The molecule has 8 heteroatoms. The van der Waals surface area contributed by atoms with Crippen LogP contribution in [0.15, 0.2) is 30.6 Å². The SMILES string of the molecule is C[n+]1ccccc1.F.F.F.F.F.F.P. The highest BCUT2D eigenvalue weighted by atomic mass is 31.0. The Labute approximate surface area is 81.3 Å². The van der Waals surface area contributed by atoms with Crippen molar-refractivity contribution >= 4 is 9.90 Å². The Morgan fingerprint density at radius 1 is 0.643 bits per heavy atom. The minimum absolute atomic E-state index is 0. The predicted octanol–water partition coefficient (Wildman–Crippen LogP) is 1.48. The van der Waals surface area contributed by atoms with E-state index in [0.29, 0.717) is 0 Å². The number of aryl methyl sites for hydroxylation is 1. The predicted molar refractivity (Wildman–Crippen MR) is 53.7 cm³/mol. The largest absolute Gasteiger partial charge is 0.269 e. The van der Waals surface area contributed by atoms with Gasteiger partial charge in [-0.3, -0.25) is 28.2 Å². The molecule has 0 aliphatic heterocycles. The lowest BCUT2D eigenvalue weighted by Crippen LogP contribution is -2.25. The fourth-order valence-electron chi connectivity index (χ4n) is 0.485. The summed E-state index contributed by atoms with van der Waals surface area (Å²) in [6.07, 6.45) is 4.00. The highest BCUT2D eigenvalue weighted by Gasteiger charge is 1.78. The van der Waals surface area contributed by atoms with Crippen molar-refractivity contribution in [1.82, 2.24) is 0 Å². The molecule has 0 aliphatic carbocycles.